The molecule has 216 valence electrons. The third-order valence-corrected chi connectivity index (χ3v) is 6.17. The summed E-state index contributed by atoms with van der Waals surface area (Å²) < 4.78 is 21.7. The molecule has 0 aliphatic heterocycles. The lowest BCUT2D eigenvalue weighted by molar-refractivity contribution is -0.139. The van der Waals surface area contributed by atoms with Gasteiger partial charge >= 0.3 is 17.6 Å². The molecule has 1 N–H and O–H groups in total. The molecule has 1 heterocycles. The zero-order valence-electron chi connectivity index (χ0n) is 23.8. The summed E-state index contributed by atoms with van der Waals surface area (Å²) in [5.74, 6) is -0.642. The van der Waals surface area contributed by atoms with Crippen LogP contribution in [-0.4, -0.2) is 36.5 Å². The van der Waals surface area contributed by atoms with Crippen molar-refractivity contribution in [2.24, 2.45) is 0 Å². The minimum absolute atomic E-state index is 0.203. The monoisotopic (exact) mass is 560 g/mol. The molecule has 2 aromatic carbocycles. The van der Waals surface area contributed by atoms with Gasteiger partial charge < -0.3 is 23.7 Å². The number of aliphatic hydroxyl groups excluding tert-OH is 1. The fourth-order valence-corrected chi connectivity index (χ4v) is 3.97. The molecule has 1 atom stereocenters. The van der Waals surface area contributed by atoms with Crippen LogP contribution >= 0.6 is 0 Å². The molecule has 0 aliphatic carbocycles. The number of hydrogen-bond donors (Lipinski definition) is 1. The van der Waals surface area contributed by atoms with Crippen molar-refractivity contribution in [3.8, 4) is 16.9 Å². The van der Waals surface area contributed by atoms with Gasteiger partial charge in [0.2, 0.25) is 0 Å². The Morgan fingerprint density at radius 2 is 1.56 bits per heavy atom. The predicted octanol–water partition coefficient (Wildman–Crippen LogP) is 5.84. The Bertz CT molecular complexity index is 1510. The second-order valence-corrected chi connectivity index (χ2v) is 10.0. The van der Waals surface area contributed by atoms with Crippen LogP contribution in [0.3, 0.4) is 0 Å². The van der Waals surface area contributed by atoms with Gasteiger partial charge in [0.1, 0.15) is 11.3 Å². The molecule has 41 heavy (non-hydrogen) atoms. The summed E-state index contributed by atoms with van der Waals surface area (Å²) >= 11 is 0. The van der Waals surface area contributed by atoms with Gasteiger partial charge in [-0.15, -0.1) is 0 Å². The van der Waals surface area contributed by atoms with Crippen LogP contribution in [0.4, 0.5) is 0 Å². The average molecular weight is 561 g/mol. The van der Waals surface area contributed by atoms with E-state index in [2.05, 4.69) is 19.7 Å². The zero-order chi connectivity index (χ0) is 30.1. The smallest absolute Gasteiger partial charge is 0.344 e. The van der Waals surface area contributed by atoms with Gasteiger partial charge in [0.05, 0.1) is 18.8 Å². The standard InChI is InChI=1S/C33H36O8/c1-20(2)30(34)38-15-7-9-23-17-25(10-8-16-39-31(35)21(3)4)29-26(18-23)19-28(33(37)41-29)24-11-13-27(14-12-24)40-32(36)22(5)6/h11-14,17-19,30,34H,1,3,5,7-10,15-16H2,2,4,6H3. The van der Waals surface area contributed by atoms with Crippen LogP contribution in [0.1, 0.15) is 44.7 Å². The average Bonchev–Trinajstić information content (AvgIpc) is 2.93. The number of benzene rings is 2. The van der Waals surface area contributed by atoms with Gasteiger partial charge in [0.15, 0.2) is 6.29 Å². The molecular formula is C33H36O8. The molecule has 0 radical (unpaired) electrons. The fraction of sp³-hybridized carbons (Fsp3) is 0.303. The summed E-state index contributed by atoms with van der Waals surface area (Å²) in [6.45, 7) is 16.2. The number of esters is 2. The first kappa shape index (κ1) is 31.3. The van der Waals surface area contributed by atoms with E-state index in [-0.39, 0.29) is 12.2 Å². The van der Waals surface area contributed by atoms with Gasteiger partial charge in [-0.3, -0.25) is 0 Å². The minimum atomic E-state index is -1.00. The Morgan fingerprint density at radius 1 is 0.902 bits per heavy atom. The second kappa shape index (κ2) is 14.4. The van der Waals surface area contributed by atoms with Crippen LogP contribution in [0.15, 0.2) is 88.1 Å². The fourth-order valence-electron chi connectivity index (χ4n) is 3.97. The zero-order valence-corrected chi connectivity index (χ0v) is 23.8. The Morgan fingerprint density at radius 3 is 2.20 bits per heavy atom. The van der Waals surface area contributed by atoms with Crippen LogP contribution in [-0.2, 0) is 31.9 Å². The molecule has 0 saturated heterocycles. The number of fused-ring (bicyclic) bond motifs is 1. The van der Waals surface area contributed by atoms with Crippen molar-refractivity contribution >= 4 is 22.9 Å². The summed E-state index contributed by atoms with van der Waals surface area (Å²) in [7, 11) is 0. The number of ether oxygens (including phenoxy) is 3. The van der Waals surface area contributed by atoms with Crippen LogP contribution in [0, 0.1) is 0 Å². The van der Waals surface area contributed by atoms with E-state index in [1.54, 1.807) is 51.1 Å². The van der Waals surface area contributed by atoms with Crippen LogP contribution in [0.2, 0.25) is 0 Å². The van der Waals surface area contributed by atoms with E-state index in [0.717, 1.165) is 16.5 Å². The van der Waals surface area contributed by atoms with Crippen molar-refractivity contribution < 1.29 is 33.3 Å². The highest BCUT2D eigenvalue weighted by molar-refractivity contribution is 5.89. The van der Waals surface area contributed by atoms with Gasteiger partial charge in [-0.05, 0) is 93.0 Å². The lowest BCUT2D eigenvalue weighted by Gasteiger charge is -2.13. The van der Waals surface area contributed by atoms with E-state index in [4.69, 9.17) is 18.6 Å². The first-order valence-electron chi connectivity index (χ1n) is 13.3. The molecule has 0 saturated carbocycles. The molecule has 8 nitrogen and oxygen atoms in total. The van der Waals surface area contributed by atoms with E-state index >= 15 is 0 Å². The van der Waals surface area contributed by atoms with Crippen molar-refractivity contribution in [1.82, 2.24) is 0 Å². The van der Waals surface area contributed by atoms with Gasteiger partial charge in [-0.25, -0.2) is 14.4 Å². The van der Waals surface area contributed by atoms with Crippen molar-refractivity contribution in [2.45, 2.75) is 52.7 Å². The van der Waals surface area contributed by atoms with Gasteiger partial charge in [-0.2, -0.15) is 0 Å². The molecule has 0 fully saturated rings. The third kappa shape index (κ3) is 8.86. The lowest BCUT2D eigenvalue weighted by atomic mass is 9.98. The molecule has 3 rings (SSSR count). The first-order chi connectivity index (χ1) is 19.5. The molecule has 1 unspecified atom stereocenters. The summed E-state index contributed by atoms with van der Waals surface area (Å²) in [6.07, 6.45) is 1.36. The van der Waals surface area contributed by atoms with E-state index < -0.39 is 23.9 Å². The largest absolute Gasteiger partial charge is 0.462 e. The van der Waals surface area contributed by atoms with E-state index in [0.29, 0.717) is 65.9 Å². The summed E-state index contributed by atoms with van der Waals surface area (Å²) in [5.41, 5.74) is 3.90. The maximum atomic E-state index is 13.1. The summed E-state index contributed by atoms with van der Waals surface area (Å²) in [4.78, 5) is 36.6. The molecule has 0 amide bonds. The summed E-state index contributed by atoms with van der Waals surface area (Å²) in [5, 5.41) is 10.6. The highest BCUT2D eigenvalue weighted by atomic mass is 16.6. The van der Waals surface area contributed by atoms with Crippen LogP contribution in [0.25, 0.3) is 22.1 Å². The van der Waals surface area contributed by atoms with Crippen molar-refractivity contribution in [3.63, 3.8) is 0 Å². The minimum Gasteiger partial charge on any atom is -0.462 e. The number of carbonyl (C=O) groups excluding carboxylic acids is 2. The number of rotatable bonds is 14. The quantitative estimate of drug-likeness (QED) is 0.0498. The summed E-state index contributed by atoms with van der Waals surface area (Å²) in [6, 6.07) is 12.3. The lowest BCUT2D eigenvalue weighted by Crippen LogP contribution is -2.13. The number of aliphatic hydroxyl groups is 1. The normalized spacial score (nSPS) is 11.6. The van der Waals surface area contributed by atoms with E-state index in [1.807, 2.05) is 12.1 Å². The first-order valence-corrected chi connectivity index (χ1v) is 13.3. The predicted molar refractivity (Wildman–Crippen MR) is 158 cm³/mol. The SMILES string of the molecule is C=C(C)C(=O)OCCCc1cc(CCCOC(O)C(=C)C)cc2cc(-c3ccc(OC(=O)C(=C)C)cc3)c(=O)oc12. The Labute approximate surface area is 239 Å². The second-order valence-electron chi connectivity index (χ2n) is 10.0. The van der Waals surface area contributed by atoms with Gasteiger partial charge in [0.25, 0.3) is 0 Å². The third-order valence-electron chi connectivity index (χ3n) is 6.17. The van der Waals surface area contributed by atoms with E-state index in [9.17, 15) is 19.5 Å². The molecular weight excluding hydrogens is 524 g/mol. The maximum absolute atomic E-state index is 13.1. The highest BCUT2D eigenvalue weighted by Gasteiger charge is 2.14. The van der Waals surface area contributed by atoms with Crippen LogP contribution in [0.5, 0.6) is 5.75 Å². The topological polar surface area (TPSA) is 112 Å². The molecule has 8 heteroatoms. The molecule has 0 aliphatic rings. The molecule has 1 aromatic heterocycles. The number of carbonyl (C=O) groups is 2. The van der Waals surface area contributed by atoms with Crippen molar-refractivity contribution in [1.29, 1.82) is 0 Å². The molecule has 0 spiro atoms. The van der Waals surface area contributed by atoms with Crippen LogP contribution < -0.4 is 10.4 Å². The molecule has 0 bridgehead atoms. The van der Waals surface area contributed by atoms with Gasteiger partial charge in [-0.1, -0.05) is 37.9 Å². The Balaban J connectivity index is 1.88. The maximum Gasteiger partial charge on any atom is 0.344 e. The Hall–Kier alpha value is -4.27. The van der Waals surface area contributed by atoms with E-state index in [1.165, 1.54) is 0 Å². The van der Waals surface area contributed by atoms with Crippen molar-refractivity contribution in [3.05, 3.63) is 100 Å². The van der Waals surface area contributed by atoms with Gasteiger partial charge in [0, 0.05) is 16.5 Å². The number of hydrogen-bond acceptors (Lipinski definition) is 8. The molecule has 3 aromatic rings. The Kier molecular flexibility index (Phi) is 11.0. The van der Waals surface area contributed by atoms with Crippen molar-refractivity contribution in [2.75, 3.05) is 13.2 Å². The number of aryl methyl sites for hydroxylation is 2. The highest BCUT2D eigenvalue weighted by Crippen LogP contribution is 2.28.